The summed E-state index contributed by atoms with van der Waals surface area (Å²) in [5.41, 5.74) is 1.41. The molecule has 2 aromatic rings. The molecule has 2 unspecified atom stereocenters. The number of thiol groups is 2. The second-order valence-electron chi connectivity index (χ2n) is 6.33. The van der Waals surface area contributed by atoms with Crippen LogP contribution in [0, 0.1) is 0 Å². The zero-order valence-corrected chi connectivity index (χ0v) is 19.1. The highest BCUT2D eigenvalue weighted by Gasteiger charge is 2.22. The maximum Gasteiger partial charge on any atom is 0.329 e. The van der Waals surface area contributed by atoms with Crippen LogP contribution in [-0.2, 0) is 19.1 Å². The monoisotopic (exact) mass is 478 g/mol. The van der Waals surface area contributed by atoms with Gasteiger partial charge in [-0.05, 0) is 24.3 Å². The van der Waals surface area contributed by atoms with Gasteiger partial charge in [0.15, 0.2) is 0 Å². The molecule has 0 bridgehead atoms. The summed E-state index contributed by atoms with van der Waals surface area (Å²) in [4.78, 5) is 56.2. The second-order valence-corrected chi connectivity index (χ2v) is 7.06. The summed E-state index contributed by atoms with van der Waals surface area (Å²) in [5.74, 6) is -2.03. The van der Waals surface area contributed by atoms with E-state index in [0.717, 1.165) is 0 Å². The minimum atomic E-state index is -0.878. The largest absolute Gasteiger partial charge is 0.467 e. The van der Waals surface area contributed by atoms with E-state index in [9.17, 15) is 19.2 Å². The Labute approximate surface area is 195 Å². The lowest BCUT2D eigenvalue weighted by Crippen LogP contribution is -2.42. The summed E-state index contributed by atoms with van der Waals surface area (Å²) >= 11 is 8.05. The molecule has 0 aromatic carbocycles. The molecule has 0 fully saturated rings. The van der Waals surface area contributed by atoms with Crippen molar-refractivity contribution in [3.8, 4) is 11.4 Å². The van der Waals surface area contributed by atoms with E-state index in [1.54, 1.807) is 12.1 Å². The zero-order valence-electron chi connectivity index (χ0n) is 17.3. The van der Waals surface area contributed by atoms with Crippen LogP contribution in [0.5, 0.6) is 0 Å². The summed E-state index contributed by atoms with van der Waals surface area (Å²) < 4.78 is 9.21. The average molecular weight is 479 g/mol. The van der Waals surface area contributed by atoms with Crippen molar-refractivity contribution >= 4 is 49.0 Å². The van der Waals surface area contributed by atoms with Crippen LogP contribution in [0.25, 0.3) is 11.4 Å². The number of esters is 2. The molecule has 2 rings (SSSR count). The number of hydrogen-bond acceptors (Lipinski definition) is 10. The van der Waals surface area contributed by atoms with Crippen molar-refractivity contribution in [2.45, 2.75) is 12.1 Å². The van der Waals surface area contributed by atoms with Crippen LogP contribution in [0.3, 0.4) is 0 Å². The number of aromatic nitrogens is 2. The van der Waals surface area contributed by atoms with E-state index in [0.29, 0.717) is 11.4 Å². The molecule has 170 valence electrons. The molecule has 32 heavy (non-hydrogen) atoms. The first-order valence-corrected chi connectivity index (χ1v) is 10.5. The van der Waals surface area contributed by atoms with E-state index in [-0.39, 0.29) is 22.6 Å². The van der Waals surface area contributed by atoms with Gasteiger partial charge in [0.05, 0.1) is 36.7 Å². The van der Waals surface area contributed by atoms with Crippen molar-refractivity contribution in [2.24, 2.45) is 0 Å². The van der Waals surface area contributed by atoms with Crippen molar-refractivity contribution in [1.82, 2.24) is 20.6 Å². The first-order chi connectivity index (χ1) is 15.3. The summed E-state index contributed by atoms with van der Waals surface area (Å²) in [6.07, 6.45) is 2.68. The highest BCUT2D eigenvalue weighted by molar-refractivity contribution is 7.80. The molecule has 2 aromatic heterocycles. The molecular formula is C20H22N4O6S2. The fourth-order valence-corrected chi connectivity index (χ4v) is 2.97. The van der Waals surface area contributed by atoms with Gasteiger partial charge in [-0.2, -0.15) is 25.3 Å². The molecule has 0 saturated carbocycles. The Bertz CT molecular complexity index is 890. The molecule has 0 radical (unpaired) electrons. The van der Waals surface area contributed by atoms with Gasteiger partial charge in [-0.15, -0.1) is 0 Å². The molecule has 10 nitrogen and oxygen atoms in total. The van der Waals surface area contributed by atoms with E-state index in [1.807, 2.05) is 0 Å². The normalized spacial score (nSPS) is 12.2. The fraction of sp³-hybridized carbons (Fsp3) is 0.300. The first-order valence-electron chi connectivity index (χ1n) is 9.26. The summed E-state index contributed by atoms with van der Waals surface area (Å²) in [6.45, 7) is 0. The number of nitrogens with one attached hydrogen (secondary N) is 2. The van der Waals surface area contributed by atoms with Gasteiger partial charge in [0, 0.05) is 23.9 Å². The number of pyridine rings is 2. The molecular weight excluding hydrogens is 456 g/mol. The number of nitrogens with zero attached hydrogens (tertiary/aromatic N) is 2. The molecule has 0 saturated heterocycles. The highest BCUT2D eigenvalue weighted by atomic mass is 32.1. The van der Waals surface area contributed by atoms with Crippen molar-refractivity contribution < 1.29 is 28.7 Å². The van der Waals surface area contributed by atoms with Crippen LogP contribution in [0.15, 0.2) is 36.7 Å². The minimum absolute atomic E-state index is 0.0855. The van der Waals surface area contributed by atoms with Crippen LogP contribution in [0.1, 0.15) is 20.7 Å². The van der Waals surface area contributed by atoms with Crippen molar-refractivity contribution in [2.75, 3.05) is 25.7 Å². The average Bonchev–Trinajstić information content (AvgIpc) is 2.84. The quantitative estimate of drug-likeness (QED) is 0.303. The van der Waals surface area contributed by atoms with E-state index in [4.69, 9.17) is 0 Å². The summed E-state index contributed by atoms with van der Waals surface area (Å²) in [6, 6.07) is 4.47. The molecule has 0 spiro atoms. The minimum Gasteiger partial charge on any atom is -0.467 e. The molecule has 0 aliphatic heterocycles. The number of rotatable bonds is 9. The Balaban J connectivity index is 2.07. The predicted octanol–water partition coefficient (Wildman–Crippen LogP) is 0.546. The number of hydrogen-bond donors (Lipinski definition) is 4. The van der Waals surface area contributed by atoms with Crippen molar-refractivity contribution in [3.05, 3.63) is 47.8 Å². The molecule has 2 N–H and O–H groups in total. The molecule has 2 amide bonds. The lowest BCUT2D eigenvalue weighted by Gasteiger charge is -2.14. The molecule has 0 aliphatic carbocycles. The van der Waals surface area contributed by atoms with Gasteiger partial charge in [0.1, 0.15) is 12.1 Å². The Kier molecular flexibility index (Phi) is 9.47. The van der Waals surface area contributed by atoms with E-state index in [2.05, 4.69) is 55.3 Å². The lowest BCUT2D eigenvalue weighted by molar-refractivity contribution is -0.143. The second kappa shape index (κ2) is 12.1. The first kappa shape index (κ1) is 25.1. The molecule has 2 heterocycles. The Morgan fingerprint density at radius 1 is 0.781 bits per heavy atom. The van der Waals surface area contributed by atoms with Crippen LogP contribution in [0.2, 0.25) is 0 Å². The molecule has 12 heteroatoms. The number of carbonyl (C=O) groups is 4. The van der Waals surface area contributed by atoms with Gasteiger partial charge in [-0.25, -0.2) is 9.59 Å². The SMILES string of the molecule is COC(=O)C(CS)NC(=O)c1ccc(-c2ccc(C(=O)NC(CS)C(=O)OC)cn2)nc1. The van der Waals surface area contributed by atoms with Gasteiger partial charge < -0.3 is 20.1 Å². The van der Waals surface area contributed by atoms with Crippen molar-refractivity contribution in [1.29, 1.82) is 0 Å². The third-order valence-corrected chi connectivity index (χ3v) is 4.99. The Morgan fingerprint density at radius 3 is 1.41 bits per heavy atom. The van der Waals surface area contributed by atoms with E-state index in [1.165, 1.54) is 38.7 Å². The van der Waals surface area contributed by atoms with Crippen LogP contribution in [0.4, 0.5) is 0 Å². The highest BCUT2D eigenvalue weighted by Crippen LogP contribution is 2.15. The third-order valence-electron chi connectivity index (χ3n) is 4.26. The number of ether oxygens (including phenoxy) is 2. The van der Waals surface area contributed by atoms with Gasteiger partial charge >= 0.3 is 11.9 Å². The summed E-state index contributed by atoms with van der Waals surface area (Å²) in [7, 11) is 2.45. The van der Waals surface area contributed by atoms with Gasteiger partial charge in [0.25, 0.3) is 11.8 Å². The smallest absolute Gasteiger partial charge is 0.329 e. The van der Waals surface area contributed by atoms with Crippen molar-refractivity contribution in [3.63, 3.8) is 0 Å². The Morgan fingerprint density at radius 2 is 1.16 bits per heavy atom. The standard InChI is InChI=1S/C20H22N4O6S2/c1-29-19(27)15(9-31)23-17(25)11-3-5-13(21-7-11)14-6-4-12(8-22-14)18(26)24-16(10-32)20(28)30-2/h3-8,15-16,31-32H,9-10H2,1-2H3,(H,23,25)(H,24,26). The topological polar surface area (TPSA) is 137 Å². The van der Waals surface area contributed by atoms with Gasteiger partial charge in [-0.1, -0.05) is 0 Å². The predicted molar refractivity (Wildman–Crippen MR) is 122 cm³/mol. The number of carbonyl (C=O) groups excluding carboxylic acids is 4. The lowest BCUT2D eigenvalue weighted by atomic mass is 10.1. The maximum atomic E-state index is 12.3. The van der Waals surface area contributed by atoms with Crippen LogP contribution < -0.4 is 10.6 Å². The fourth-order valence-electron chi connectivity index (χ4n) is 2.49. The maximum absolute atomic E-state index is 12.3. The number of methoxy groups -OCH3 is 2. The Hall–Kier alpha value is -3.12. The molecule has 2 atom stereocenters. The third kappa shape index (κ3) is 6.44. The van der Waals surface area contributed by atoms with E-state index < -0.39 is 35.8 Å². The summed E-state index contributed by atoms with van der Waals surface area (Å²) in [5, 5.41) is 5.03. The van der Waals surface area contributed by atoms with Gasteiger partial charge in [-0.3, -0.25) is 19.6 Å². The zero-order chi connectivity index (χ0) is 23.7. The molecule has 0 aliphatic rings. The van der Waals surface area contributed by atoms with Gasteiger partial charge in [0.2, 0.25) is 0 Å². The van der Waals surface area contributed by atoms with E-state index >= 15 is 0 Å². The van der Waals surface area contributed by atoms with Crippen LogP contribution in [-0.4, -0.2) is 71.5 Å². The van der Waals surface area contributed by atoms with Crippen LogP contribution >= 0.6 is 25.3 Å². The number of amides is 2.